The molecule has 1 aromatic carbocycles. The van der Waals surface area contributed by atoms with E-state index in [9.17, 15) is 0 Å². The summed E-state index contributed by atoms with van der Waals surface area (Å²) in [5, 5.41) is 0.101. The Balaban J connectivity index is 1.55. The van der Waals surface area contributed by atoms with Crippen molar-refractivity contribution in [2.75, 3.05) is 6.61 Å². The van der Waals surface area contributed by atoms with E-state index in [0.29, 0.717) is 0 Å². The van der Waals surface area contributed by atoms with Gasteiger partial charge < -0.3 is 4.74 Å². The lowest BCUT2D eigenvalue weighted by Crippen LogP contribution is -2.12. The molecule has 4 rings (SSSR count). The van der Waals surface area contributed by atoms with Crippen molar-refractivity contribution < 1.29 is 4.74 Å². The Morgan fingerprint density at radius 3 is 2.95 bits per heavy atom. The molecule has 4 atom stereocenters. The molecule has 0 radical (unpaired) electrons. The fourth-order valence-corrected chi connectivity index (χ4v) is 5.50. The van der Waals surface area contributed by atoms with Gasteiger partial charge in [-0.15, -0.1) is 11.6 Å². The molecule has 1 nitrogen and oxygen atoms in total. The summed E-state index contributed by atoms with van der Waals surface area (Å²) >= 11 is 10.4. The van der Waals surface area contributed by atoms with Crippen molar-refractivity contribution in [1.29, 1.82) is 0 Å². The van der Waals surface area contributed by atoms with E-state index in [1.165, 1.54) is 36.8 Å². The molecule has 1 heterocycles. The molecular formula is C17H20BrClO. The summed E-state index contributed by atoms with van der Waals surface area (Å²) in [5.74, 6) is 3.85. The molecule has 0 N–H and O–H groups in total. The zero-order valence-electron chi connectivity index (χ0n) is 11.6. The molecule has 0 amide bonds. The second-order valence-corrected chi connectivity index (χ2v) is 8.16. The molecule has 108 valence electrons. The van der Waals surface area contributed by atoms with Gasteiger partial charge in [-0.1, -0.05) is 22.4 Å². The van der Waals surface area contributed by atoms with E-state index in [-0.39, 0.29) is 5.38 Å². The topological polar surface area (TPSA) is 9.23 Å². The van der Waals surface area contributed by atoms with Crippen LogP contribution in [-0.2, 0) is 6.42 Å². The summed E-state index contributed by atoms with van der Waals surface area (Å²) in [6, 6.07) is 4.34. The number of ether oxygens (including phenoxy) is 1. The Hall–Kier alpha value is -0.210. The number of halogens is 2. The van der Waals surface area contributed by atoms with Crippen LogP contribution in [0.4, 0.5) is 0 Å². The van der Waals surface area contributed by atoms with Crippen molar-refractivity contribution >= 4 is 27.5 Å². The molecule has 0 aromatic heterocycles. The standard InChI is InChI=1S/C17H20BrClO/c18-14-7-12-3-4-20-17(12)15(9-14)16(19)8-13-6-10-1-2-11(13)5-10/h7,9-11,13,16H,1-6,8H2. The fraction of sp³-hybridized carbons (Fsp3) is 0.647. The summed E-state index contributed by atoms with van der Waals surface area (Å²) in [7, 11) is 0. The second kappa shape index (κ2) is 5.21. The van der Waals surface area contributed by atoms with Crippen LogP contribution in [0.1, 0.15) is 48.6 Å². The largest absolute Gasteiger partial charge is 0.493 e. The Morgan fingerprint density at radius 2 is 2.20 bits per heavy atom. The SMILES string of the molecule is ClC(CC1CC2CCC1C2)c1cc(Br)cc2c1OCC2. The van der Waals surface area contributed by atoms with Gasteiger partial charge in [0.25, 0.3) is 0 Å². The van der Waals surface area contributed by atoms with Gasteiger partial charge in [0.15, 0.2) is 0 Å². The van der Waals surface area contributed by atoms with Crippen LogP contribution in [0.3, 0.4) is 0 Å². The first kappa shape index (κ1) is 13.5. The van der Waals surface area contributed by atoms with Crippen LogP contribution in [0.5, 0.6) is 5.75 Å². The first-order valence-electron chi connectivity index (χ1n) is 7.80. The summed E-state index contributed by atoms with van der Waals surface area (Å²) in [4.78, 5) is 0. The van der Waals surface area contributed by atoms with Gasteiger partial charge in [0.1, 0.15) is 5.75 Å². The van der Waals surface area contributed by atoms with Crippen molar-refractivity contribution in [1.82, 2.24) is 0 Å². The number of hydrogen-bond acceptors (Lipinski definition) is 1. The quantitative estimate of drug-likeness (QED) is 0.651. The Bertz CT molecular complexity index is 530. The molecular weight excluding hydrogens is 336 g/mol. The summed E-state index contributed by atoms with van der Waals surface area (Å²) in [5.41, 5.74) is 2.52. The highest BCUT2D eigenvalue weighted by Crippen LogP contribution is 2.52. The van der Waals surface area contributed by atoms with Gasteiger partial charge in [-0.2, -0.15) is 0 Å². The third-order valence-electron chi connectivity index (χ3n) is 5.51. The number of benzene rings is 1. The third-order valence-corrected chi connectivity index (χ3v) is 6.38. The first-order chi connectivity index (χ1) is 9.70. The normalized spacial score (nSPS) is 32.2. The van der Waals surface area contributed by atoms with Crippen molar-refractivity contribution in [3.63, 3.8) is 0 Å². The minimum atomic E-state index is 0.101. The van der Waals surface area contributed by atoms with Crippen molar-refractivity contribution in [2.24, 2.45) is 17.8 Å². The van der Waals surface area contributed by atoms with E-state index in [1.807, 2.05) is 0 Å². The predicted molar refractivity (Wildman–Crippen MR) is 85.5 cm³/mol. The van der Waals surface area contributed by atoms with E-state index in [0.717, 1.165) is 47.4 Å². The average molecular weight is 356 g/mol. The van der Waals surface area contributed by atoms with Gasteiger partial charge in [0.05, 0.1) is 12.0 Å². The molecule has 4 unspecified atom stereocenters. The van der Waals surface area contributed by atoms with E-state index in [4.69, 9.17) is 16.3 Å². The zero-order valence-corrected chi connectivity index (χ0v) is 13.9. The molecule has 2 bridgehead atoms. The summed E-state index contributed by atoms with van der Waals surface area (Å²) < 4.78 is 6.96. The minimum Gasteiger partial charge on any atom is -0.493 e. The minimum absolute atomic E-state index is 0.101. The lowest BCUT2D eigenvalue weighted by atomic mass is 9.84. The first-order valence-corrected chi connectivity index (χ1v) is 9.03. The lowest BCUT2D eigenvalue weighted by molar-refractivity contribution is 0.308. The number of fused-ring (bicyclic) bond motifs is 3. The van der Waals surface area contributed by atoms with Crippen LogP contribution in [0.25, 0.3) is 0 Å². The van der Waals surface area contributed by atoms with Gasteiger partial charge in [-0.05, 0) is 61.1 Å². The van der Waals surface area contributed by atoms with E-state index >= 15 is 0 Å². The molecule has 3 heteroatoms. The molecule has 1 aliphatic heterocycles. The molecule has 2 saturated carbocycles. The highest BCUT2D eigenvalue weighted by molar-refractivity contribution is 9.10. The Labute approximate surface area is 134 Å². The van der Waals surface area contributed by atoms with Crippen molar-refractivity contribution in [3.05, 3.63) is 27.7 Å². The van der Waals surface area contributed by atoms with Crippen LogP contribution < -0.4 is 4.74 Å². The van der Waals surface area contributed by atoms with Crippen LogP contribution in [0, 0.1) is 17.8 Å². The molecule has 2 aliphatic carbocycles. The van der Waals surface area contributed by atoms with Gasteiger partial charge in [-0.25, -0.2) is 0 Å². The van der Waals surface area contributed by atoms with Gasteiger partial charge in [-0.3, -0.25) is 0 Å². The third kappa shape index (κ3) is 2.29. The van der Waals surface area contributed by atoms with E-state index < -0.39 is 0 Å². The van der Waals surface area contributed by atoms with Gasteiger partial charge in [0, 0.05) is 16.5 Å². The van der Waals surface area contributed by atoms with E-state index in [1.54, 1.807) is 0 Å². The highest BCUT2D eigenvalue weighted by Gasteiger charge is 2.40. The molecule has 0 saturated heterocycles. The van der Waals surface area contributed by atoms with Crippen LogP contribution >= 0.6 is 27.5 Å². The molecule has 0 spiro atoms. The fourth-order valence-electron chi connectivity index (χ4n) is 4.59. The smallest absolute Gasteiger partial charge is 0.127 e. The maximum Gasteiger partial charge on any atom is 0.127 e. The van der Waals surface area contributed by atoms with Crippen LogP contribution in [0.15, 0.2) is 16.6 Å². The Kier molecular flexibility index (Phi) is 3.50. The zero-order chi connectivity index (χ0) is 13.7. The van der Waals surface area contributed by atoms with E-state index in [2.05, 4.69) is 28.1 Å². The summed E-state index contributed by atoms with van der Waals surface area (Å²) in [6.45, 7) is 0.802. The molecule has 2 fully saturated rings. The maximum absolute atomic E-state index is 6.78. The maximum atomic E-state index is 6.78. The van der Waals surface area contributed by atoms with Crippen molar-refractivity contribution in [3.8, 4) is 5.75 Å². The van der Waals surface area contributed by atoms with Crippen LogP contribution in [-0.4, -0.2) is 6.61 Å². The van der Waals surface area contributed by atoms with Crippen molar-refractivity contribution in [2.45, 2.75) is 43.9 Å². The number of hydrogen-bond donors (Lipinski definition) is 0. The molecule has 3 aliphatic rings. The highest BCUT2D eigenvalue weighted by atomic mass is 79.9. The summed E-state index contributed by atoms with van der Waals surface area (Å²) in [6.07, 6.45) is 7.90. The van der Waals surface area contributed by atoms with Gasteiger partial charge in [0.2, 0.25) is 0 Å². The number of alkyl halides is 1. The molecule has 1 aromatic rings. The number of rotatable bonds is 3. The average Bonchev–Trinajstić information content (AvgIpc) is 3.12. The predicted octanol–water partition coefficient (Wildman–Crippen LogP) is 5.49. The Morgan fingerprint density at radius 1 is 1.30 bits per heavy atom. The monoisotopic (exact) mass is 354 g/mol. The molecule has 20 heavy (non-hydrogen) atoms. The van der Waals surface area contributed by atoms with Gasteiger partial charge >= 0.3 is 0 Å². The second-order valence-electron chi connectivity index (χ2n) is 6.72. The van der Waals surface area contributed by atoms with Crippen LogP contribution in [0.2, 0.25) is 0 Å². The lowest BCUT2D eigenvalue weighted by Gasteiger charge is -2.24.